The predicted molar refractivity (Wildman–Crippen MR) is 102 cm³/mol. The summed E-state index contributed by atoms with van der Waals surface area (Å²) in [7, 11) is 0. The van der Waals surface area contributed by atoms with E-state index in [2.05, 4.69) is 5.32 Å². The highest BCUT2D eigenvalue weighted by atomic mass is 32.1. The molecule has 0 unspecified atom stereocenters. The number of carbonyl (C=O) groups excluding carboxylic acids is 2. The summed E-state index contributed by atoms with van der Waals surface area (Å²) in [5.41, 5.74) is 9.60. The topological polar surface area (TPSA) is 109 Å². The zero-order valence-corrected chi connectivity index (χ0v) is 15.8. The molecule has 2 aromatic rings. The molecular formula is C19H22N2O4S. The Labute approximate surface area is 156 Å². The number of rotatable bonds is 7. The van der Waals surface area contributed by atoms with Gasteiger partial charge in [-0.05, 0) is 36.5 Å². The van der Waals surface area contributed by atoms with Crippen LogP contribution in [0.15, 0.2) is 23.6 Å². The standard InChI is InChI=1S/C19H22N2O4S/c1-10(7-16(23)24)6-15(22)21-19-17(18(20)25)14(9-26-19)13-5-4-11(2)12(3)8-13/h4-5,8-10H,6-7H2,1-3H3,(H2,20,25)(H,21,22)(H,23,24)/t10-/m1/s1. The van der Waals surface area contributed by atoms with Crippen molar-refractivity contribution in [1.29, 1.82) is 0 Å². The van der Waals surface area contributed by atoms with Gasteiger partial charge in [-0.3, -0.25) is 14.4 Å². The third kappa shape index (κ3) is 4.70. The first-order valence-corrected chi connectivity index (χ1v) is 9.07. The first kappa shape index (κ1) is 19.7. The van der Waals surface area contributed by atoms with Crippen LogP contribution < -0.4 is 11.1 Å². The summed E-state index contributed by atoms with van der Waals surface area (Å²) in [4.78, 5) is 34.9. The normalized spacial score (nSPS) is 11.8. The lowest BCUT2D eigenvalue weighted by molar-refractivity contribution is -0.138. The van der Waals surface area contributed by atoms with Crippen LogP contribution in [0.5, 0.6) is 0 Å². The second-order valence-electron chi connectivity index (χ2n) is 6.47. The molecule has 0 bridgehead atoms. The van der Waals surface area contributed by atoms with Crippen molar-refractivity contribution in [2.24, 2.45) is 11.7 Å². The fourth-order valence-corrected chi connectivity index (χ4v) is 3.67. The Bertz CT molecular complexity index is 857. The van der Waals surface area contributed by atoms with Crippen LogP contribution in [0.1, 0.15) is 41.3 Å². The van der Waals surface area contributed by atoms with Crippen LogP contribution in [0.2, 0.25) is 0 Å². The average molecular weight is 374 g/mol. The molecule has 0 saturated carbocycles. The molecule has 0 spiro atoms. The van der Waals surface area contributed by atoms with Gasteiger partial charge in [0.15, 0.2) is 0 Å². The van der Waals surface area contributed by atoms with Crippen LogP contribution in [0.25, 0.3) is 11.1 Å². The van der Waals surface area contributed by atoms with Crippen molar-refractivity contribution < 1.29 is 19.5 Å². The lowest BCUT2D eigenvalue weighted by Crippen LogP contribution is -2.19. The Balaban J connectivity index is 2.26. The molecule has 7 heteroatoms. The lowest BCUT2D eigenvalue weighted by atomic mass is 9.99. The number of anilines is 1. The van der Waals surface area contributed by atoms with Gasteiger partial charge in [0.2, 0.25) is 5.91 Å². The summed E-state index contributed by atoms with van der Waals surface area (Å²) in [5, 5.41) is 13.7. The van der Waals surface area contributed by atoms with E-state index in [0.717, 1.165) is 16.7 Å². The molecule has 0 aliphatic carbocycles. The molecule has 1 heterocycles. The molecule has 26 heavy (non-hydrogen) atoms. The minimum atomic E-state index is -0.948. The molecule has 2 amide bonds. The number of aliphatic carboxylic acids is 1. The van der Waals surface area contributed by atoms with Crippen molar-refractivity contribution in [2.45, 2.75) is 33.6 Å². The van der Waals surface area contributed by atoms with E-state index in [1.807, 2.05) is 32.0 Å². The quantitative estimate of drug-likeness (QED) is 0.688. The number of primary amides is 1. The number of nitrogens with one attached hydrogen (secondary N) is 1. The van der Waals surface area contributed by atoms with E-state index in [4.69, 9.17) is 10.8 Å². The van der Waals surface area contributed by atoms with E-state index in [9.17, 15) is 14.4 Å². The maximum absolute atomic E-state index is 12.2. The van der Waals surface area contributed by atoms with Gasteiger partial charge in [-0.15, -0.1) is 11.3 Å². The summed E-state index contributed by atoms with van der Waals surface area (Å²) in [6.45, 7) is 5.69. The summed E-state index contributed by atoms with van der Waals surface area (Å²) >= 11 is 1.23. The third-order valence-electron chi connectivity index (χ3n) is 4.17. The number of nitrogens with two attached hydrogens (primary N) is 1. The van der Waals surface area contributed by atoms with Crippen molar-refractivity contribution in [1.82, 2.24) is 0 Å². The zero-order valence-electron chi connectivity index (χ0n) is 15.0. The summed E-state index contributed by atoms with van der Waals surface area (Å²) in [6, 6.07) is 5.86. The fourth-order valence-electron chi connectivity index (χ4n) is 2.68. The molecule has 1 aromatic carbocycles. The zero-order chi connectivity index (χ0) is 19.4. The third-order valence-corrected chi connectivity index (χ3v) is 5.06. The van der Waals surface area contributed by atoms with Crippen molar-refractivity contribution in [3.05, 3.63) is 40.3 Å². The van der Waals surface area contributed by atoms with Crippen LogP contribution in [-0.2, 0) is 9.59 Å². The summed E-state index contributed by atoms with van der Waals surface area (Å²) in [6.07, 6.45) is -0.0319. The van der Waals surface area contributed by atoms with E-state index in [1.165, 1.54) is 11.3 Å². The molecule has 138 valence electrons. The van der Waals surface area contributed by atoms with Crippen LogP contribution >= 0.6 is 11.3 Å². The van der Waals surface area contributed by atoms with Crippen LogP contribution in [0.3, 0.4) is 0 Å². The number of amides is 2. The molecule has 0 saturated heterocycles. The molecule has 1 aromatic heterocycles. The predicted octanol–water partition coefficient (Wildman–Crippen LogP) is 3.57. The van der Waals surface area contributed by atoms with E-state index < -0.39 is 11.9 Å². The van der Waals surface area contributed by atoms with Crippen molar-refractivity contribution in [2.75, 3.05) is 5.32 Å². The molecule has 4 N–H and O–H groups in total. The highest BCUT2D eigenvalue weighted by Gasteiger charge is 2.21. The number of hydrogen-bond donors (Lipinski definition) is 3. The van der Waals surface area contributed by atoms with Crippen LogP contribution in [-0.4, -0.2) is 22.9 Å². The Hall–Kier alpha value is -2.67. The second kappa shape index (κ2) is 8.14. The van der Waals surface area contributed by atoms with E-state index in [1.54, 1.807) is 12.3 Å². The number of carboxylic acids is 1. The minimum absolute atomic E-state index is 0.0569. The van der Waals surface area contributed by atoms with Gasteiger partial charge in [-0.2, -0.15) is 0 Å². The smallest absolute Gasteiger partial charge is 0.303 e. The first-order chi connectivity index (χ1) is 12.2. The number of carbonyl (C=O) groups is 3. The molecule has 0 radical (unpaired) electrons. The van der Waals surface area contributed by atoms with E-state index in [-0.39, 0.29) is 30.2 Å². The Morgan fingerprint density at radius 2 is 1.88 bits per heavy atom. The molecular weight excluding hydrogens is 352 g/mol. The Kier molecular flexibility index (Phi) is 6.15. The van der Waals surface area contributed by atoms with Crippen LogP contribution in [0.4, 0.5) is 5.00 Å². The first-order valence-electron chi connectivity index (χ1n) is 8.19. The fraction of sp³-hybridized carbons (Fsp3) is 0.316. The molecule has 1 atom stereocenters. The van der Waals surface area contributed by atoms with Gasteiger partial charge in [-0.1, -0.05) is 25.1 Å². The van der Waals surface area contributed by atoms with Crippen LogP contribution in [0, 0.1) is 19.8 Å². The maximum atomic E-state index is 12.2. The van der Waals surface area contributed by atoms with Gasteiger partial charge >= 0.3 is 5.97 Å². The number of thiophene rings is 1. The SMILES string of the molecule is Cc1ccc(-c2csc(NC(=O)C[C@@H](C)CC(=O)O)c2C(N)=O)cc1C. The Morgan fingerprint density at radius 1 is 1.19 bits per heavy atom. The summed E-state index contributed by atoms with van der Waals surface area (Å²) in [5.74, 6) is -2.21. The van der Waals surface area contributed by atoms with Crippen molar-refractivity contribution in [3.63, 3.8) is 0 Å². The number of benzene rings is 1. The van der Waals surface area contributed by atoms with Gasteiger partial charge in [0.05, 0.1) is 5.56 Å². The molecule has 0 aliphatic rings. The molecule has 2 rings (SSSR count). The summed E-state index contributed by atoms with van der Waals surface area (Å²) < 4.78 is 0. The maximum Gasteiger partial charge on any atom is 0.303 e. The molecule has 0 fully saturated rings. The molecule has 6 nitrogen and oxygen atoms in total. The number of aryl methyl sites for hydroxylation is 2. The highest BCUT2D eigenvalue weighted by molar-refractivity contribution is 7.15. The second-order valence-corrected chi connectivity index (χ2v) is 7.35. The number of carboxylic acid groups (broad SMARTS) is 1. The van der Waals surface area contributed by atoms with E-state index >= 15 is 0 Å². The monoisotopic (exact) mass is 374 g/mol. The Morgan fingerprint density at radius 3 is 2.46 bits per heavy atom. The highest BCUT2D eigenvalue weighted by Crippen LogP contribution is 2.36. The number of hydrogen-bond acceptors (Lipinski definition) is 4. The largest absolute Gasteiger partial charge is 0.481 e. The molecule has 0 aliphatic heterocycles. The van der Waals surface area contributed by atoms with Gasteiger partial charge in [0.25, 0.3) is 5.91 Å². The average Bonchev–Trinajstić information content (AvgIpc) is 2.92. The van der Waals surface area contributed by atoms with Crippen molar-refractivity contribution >= 4 is 34.1 Å². The van der Waals surface area contributed by atoms with Gasteiger partial charge in [-0.25, -0.2) is 0 Å². The van der Waals surface area contributed by atoms with Crippen molar-refractivity contribution in [3.8, 4) is 11.1 Å². The van der Waals surface area contributed by atoms with Gasteiger partial charge in [0, 0.05) is 23.8 Å². The minimum Gasteiger partial charge on any atom is -0.481 e. The van der Waals surface area contributed by atoms with E-state index in [0.29, 0.717) is 10.6 Å². The van der Waals surface area contributed by atoms with Gasteiger partial charge in [0.1, 0.15) is 5.00 Å². The lowest BCUT2D eigenvalue weighted by Gasteiger charge is -2.10. The van der Waals surface area contributed by atoms with Gasteiger partial charge < -0.3 is 16.2 Å².